The second-order valence-corrected chi connectivity index (χ2v) is 6.40. The van der Waals surface area contributed by atoms with Crippen LogP contribution in [-0.4, -0.2) is 38.3 Å². The predicted octanol–water partition coefficient (Wildman–Crippen LogP) is 2.36. The second-order valence-electron chi connectivity index (χ2n) is 6.40. The van der Waals surface area contributed by atoms with Crippen molar-refractivity contribution in [2.75, 3.05) is 27.2 Å². The maximum Gasteiger partial charge on any atom is 0.124 e. The van der Waals surface area contributed by atoms with Gasteiger partial charge >= 0.3 is 0 Å². The maximum absolute atomic E-state index is 6.02. The van der Waals surface area contributed by atoms with E-state index >= 15 is 0 Å². The first kappa shape index (κ1) is 14.7. The number of fused-ring (bicyclic) bond motifs is 1. The first-order valence-corrected chi connectivity index (χ1v) is 7.91. The molecule has 21 heavy (non-hydrogen) atoms. The summed E-state index contributed by atoms with van der Waals surface area (Å²) in [6.45, 7) is 3.94. The lowest BCUT2D eigenvalue weighted by Crippen LogP contribution is -2.39. The van der Waals surface area contributed by atoms with Crippen molar-refractivity contribution in [1.82, 2.24) is 4.90 Å². The Morgan fingerprint density at radius 1 is 1.43 bits per heavy atom. The quantitative estimate of drug-likeness (QED) is 0.928. The van der Waals surface area contributed by atoms with Gasteiger partial charge in [0.2, 0.25) is 0 Å². The number of likely N-dealkylation sites (tertiary alicyclic amines) is 1. The Morgan fingerprint density at radius 3 is 2.95 bits per heavy atom. The Hall–Kier alpha value is -1.26. The van der Waals surface area contributed by atoms with Crippen molar-refractivity contribution in [1.29, 1.82) is 0 Å². The molecule has 0 spiro atoms. The highest BCUT2D eigenvalue weighted by Gasteiger charge is 2.33. The van der Waals surface area contributed by atoms with Gasteiger partial charge in [-0.25, -0.2) is 0 Å². The van der Waals surface area contributed by atoms with Gasteiger partial charge < -0.3 is 15.2 Å². The Balaban J connectivity index is 2.02. The fourth-order valence-corrected chi connectivity index (χ4v) is 3.86. The molecule has 1 saturated heterocycles. The fourth-order valence-electron chi connectivity index (χ4n) is 3.86. The van der Waals surface area contributed by atoms with Crippen molar-refractivity contribution in [3.63, 3.8) is 0 Å². The molecule has 0 amide bonds. The summed E-state index contributed by atoms with van der Waals surface area (Å²) < 4.78 is 11.6. The van der Waals surface area contributed by atoms with E-state index in [1.54, 1.807) is 7.11 Å². The number of hydrogen-bond donors (Lipinski definition) is 1. The molecule has 4 nitrogen and oxygen atoms in total. The molecule has 2 heterocycles. The average Bonchev–Trinajstić information content (AvgIpc) is 2.84. The summed E-state index contributed by atoms with van der Waals surface area (Å²) in [7, 11) is 3.94. The van der Waals surface area contributed by atoms with Crippen LogP contribution in [0, 0.1) is 5.92 Å². The Bertz CT molecular complexity index is 518. The highest BCUT2D eigenvalue weighted by Crippen LogP contribution is 2.43. The van der Waals surface area contributed by atoms with E-state index in [9.17, 15) is 0 Å². The normalized spacial score (nSPS) is 29.0. The van der Waals surface area contributed by atoms with Gasteiger partial charge in [-0.05, 0) is 58.0 Å². The van der Waals surface area contributed by atoms with Gasteiger partial charge in [-0.3, -0.25) is 4.90 Å². The van der Waals surface area contributed by atoms with E-state index in [1.807, 2.05) is 0 Å². The van der Waals surface area contributed by atoms with Gasteiger partial charge in [0, 0.05) is 23.6 Å². The molecule has 0 bridgehead atoms. The summed E-state index contributed by atoms with van der Waals surface area (Å²) in [5.74, 6) is 2.48. The molecule has 0 radical (unpaired) electrons. The van der Waals surface area contributed by atoms with Crippen LogP contribution >= 0.6 is 0 Å². The predicted molar refractivity (Wildman–Crippen MR) is 83.9 cm³/mol. The standard InChI is InChI=1S/C17H26N2O2/c1-11-7-13-8-16(20-3)14(9-15(13)21-11)17-12(10-18)5-4-6-19(17)2/h8-9,11-12,17H,4-7,10,18H2,1-3H3. The Labute approximate surface area is 127 Å². The molecule has 0 aliphatic carbocycles. The lowest BCUT2D eigenvalue weighted by atomic mass is 9.84. The topological polar surface area (TPSA) is 47.7 Å². The second kappa shape index (κ2) is 5.85. The van der Waals surface area contributed by atoms with Crippen LogP contribution in [0.25, 0.3) is 0 Å². The van der Waals surface area contributed by atoms with Crippen LogP contribution < -0.4 is 15.2 Å². The van der Waals surface area contributed by atoms with Gasteiger partial charge in [0.05, 0.1) is 7.11 Å². The largest absolute Gasteiger partial charge is 0.496 e. The third kappa shape index (κ3) is 2.62. The number of nitrogens with zero attached hydrogens (tertiary/aromatic N) is 1. The third-order valence-corrected chi connectivity index (χ3v) is 4.88. The molecule has 0 saturated carbocycles. The maximum atomic E-state index is 6.02. The van der Waals surface area contributed by atoms with Crippen LogP contribution in [-0.2, 0) is 6.42 Å². The van der Waals surface area contributed by atoms with Crippen molar-refractivity contribution in [3.05, 3.63) is 23.3 Å². The number of hydrogen-bond acceptors (Lipinski definition) is 4. The molecule has 1 fully saturated rings. The first-order chi connectivity index (χ1) is 10.1. The highest BCUT2D eigenvalue weighted by molar-refractivity contribution is 5.50. The first-order valence-electron chi connectivity index (χ1n) is 7.91. The molecule has 1 aromatic rings. The summed E-state index contributed by atoms with van der Waals surface area (Å²) in [5, 5.41) is 0. The lowest BCUT2D eigenvalue weighted by Gasteiger charge is -2.39. The number of ether oxygens (including phenoxy) is 2. The van der Waals surface area contributed by atoms with Gasteiger partial charge in [-0.15, -0.1) is 0 Å². The minimum absolute atomic E-state index is 0.259. The summed E-state index contributed by atoms with van der Waals surface area (Å²) in [5.41, 5.74) is 8.50. The van der Waals surface area contributed by atoms with Crippen LogP contribution in [0.3, 0.4) is 0 Å². The number of rotatable bonds is 3. The molecule has 3 atom stereocenters. The molecule has 2 aliphatic rings. The monoisotopic (exact) mass is 290 g/mol. The highest BCUT2D eigenvalue weighted by atomic mass is 16.5. The van der Waals surface area contributed by atoms with E-state index in [2.05, 4.69) is 31.0 Å². The SMILES string of the molecule is COc1cc2c(cc1C1C(CN)CCCN1C)OC(C)C2. The van der Waals surface area contributed by atoms with Crippen LogP contribution in [0.2, 0.25) is 0 Å². The Kier molecular flexibility index (Phi) is 4.09. The van der Waals surface area contributed by atoms with E-state index in [-0.39, 0.29) is 6.10 Å². The van der Waals surface area contributed by atoms with Crippen LogP contribution in [0.1, 0.15) is 36.9 Å². The van der Waals surface area contributed by atoms with Gasteiger partial charge in [0.15, 0.2) is 0 Å². The molecular formula is C17H26N2O2. The zero-order valence-electron chi connectivity index (χ0n) is 13.3. The van der Waals surface area contributed by atoms with E-state index < -0.39 is 0 Å². The van der Waals surface area contributed by atoms with Gasteiger partial charge in [-0.1, -0.05) is 0 Å². The molecule has 3 rings (SSSR count). The van der Waals surface area contributed by atoms with Crippen molar-refractivity contribution in [3.8, 4) is 11.5 Å². The molecule has 4 heteroatoms. The summed E-state index contributed by atoms with van der Waals surface area (Å²) in [6.07, 6.45) is 3.63. The number of nitrogens with two attached hydrogens (primary N) is 1. The van der Waals surface area contributed by atoms with Crippen molar-refractivity contribution in [2.45, 2.75) is 38.3 Å². The van der Waals surface area contributed by atoms with Gasteiger partial charge in [0.25, 0.3) is 0 Å². The molecule has 0 aromatic heterocycles. The number of benzene rings is 1. The molecule has 3 unspecified atom stereocenters. The van der Waals surface area contributed by atoms with Gasteiger partial charge in [-0.2, -0.15) is 0 Å². The van der Waals surface area contributed by atoms with Crippen LogP contribution in [0.4, 0.5) is 0 Å². The van der Waals surface area contributed by atoms with Crippen LogP contribution in [0.5, 0.6) is 11.5 Å². The zero-order chi connectivity index (χ0) is 15.0. The van der Waals surface area contributed by atoms with E-state index in [0.29, 0.717) is 18.5 Å². The average molecular weight is 290 g/mol. The summed E-state index contributed by atoms with van der Waals surface area (Å²) in [6, 6.07) is 4.67. The van der Waals surface area contributed by atoms with Crippen LogP contribution in [0.15, 0.2) is 12.1 Å². The van der Waals surface area contributed by atoms with Gasteiger partial charge in [0.1, 0.15) is 17.6 Å². The van der Waals surface area contributed by atoms with E-state index in [4.69, 9.17) is 15.2 Å². The molecule has 2 N–H and O–H groups in total. The fraction of sp³-hybridized carbons (Fsp3) is 0.647. The summed E-state index contributed by atoms with van der Waals surface area (Å²) >= 11 is 0. The van der Waals surface area contributed by atoms with Crippen molar-refractivity contribution < 1.29 is 9.47 Å². The third-order valence-electron chi connectivity index (χ3n) is 4.88. The molecule has 2 aliphatic heterocycles. The van der Waals surface area contributed by atoms with Crippen molar-refractivity contribution in [2.24, 2.45) is 11.7 Å². The summed E-state index contributed by atoms with van der Waals surface area (Å²) in [4.78, 5) is 2.41. The molecule has 1 aromatic carbocycles. The van der Waals surface area contributed by atoms with E-state index in [0.717, 1.165) is 24.5 Å². The zero-order valence-corrected chi connectivity index (χ0v) is 13.3. The number of piperidine rings is 1. The van der Waals surface area contributed by atoms with E-state index in [1.165, 1.54) is 24.0 Å². The smallest absolute Gasteiger partial charge is 0.124 e. The minimum atomic E-state index is 0.259. The molecular weight excluding hydrogens is 264 g/mol. The lowest BCUT2D eigenvalue weighted by molar-refractivity contribution is 0.122. The molecule has 116 valence electrons. The number of methoxy groups -OCH3 is 1. The minimum Gasteiger partial charge on any atom is -0.496 e. The van der Waals surface area contributed by atoms with Crippen molar-refractivity contribution >= 4 is 0 Å². The Morgan fingerprint density at radius 2 is 2.24 bits per heavy atom.